The van der Waals surface area contributed by atoms with Crippen molar-refractivity contribution in [2.24, 2.45) is 0 Å². The van der Waals surface area contributed by atoms with Crippen LogP contribution in [0.15, 0.2) is 96.2 Å². The molecule has 0 radical (unpaired) electrons. The molecule has 10 heteroatoms. The van der Waals surface area contributed by atoms with Crippen LogP contribution in [0.5, 0.6) is 0 Å². The summed E-state index contributed by atoms with van der Waals surface area (Å²) in [4.78, 5) is 6.69. The van der Waals surface area contributed by atoms with Crippen LogP contribution in [0.4, 0.5) is 11.4 Å². The number of sulfonamides is 1. The lowest BCUT2D eigenvalue weighted by atomic mass is 9.98. The van der Waals surface area contributed by atoms with Gasteiger partial charge in [-0.15, -0.1) is 0 Å². The van der Waals surface area contributed by atoms with Gasteiger partial charge in [0.2, 0.25) is 0 Å². The zero-order valence-electron chi connectivity index (χ0n) is 20.8. The van der Waals surface area contributed by atoms with Crippen molar-refractivity contribution in [2.45, 2.75) is 4.90 Å². The number of aromatic nitrogens is 3. The van der Waals surface area contributed by atoms with E-state index in [4.69, 9.17) is 16.3 Å². The van der Waals surface area contributed by atoms with Crippen LogP contribution in [0.3, 0.4) is 0 Å². The molecular formula is C29H24ClN5O3S. The third-order valence-electron chi connectivity index (χ3n) is 6.66. The van der Waals surface area contributed by atoms with E-state index in [1.165, 1.54) is 12.1 Å². The van der Waals surface area contributed by atoms with E-state index in [-0.39, 0.29) is 15.7 Å². The molecule has 39 heavy (non-hydrogen) atoms. The third kappa shape index (κ3) is 5.29. The number of anilines is 2. The SMILES string of the molecule is O=S(=O)(Nc1cc(-c2ccc3nncc(-c4ccc(N5CCOCC5)cc4)c3c2)cnc1Cl)c1ccccc1. The monoisotopic (exact) mass is 557 g/mol. The van der Waals surface area contributed by atoms with Crippen LogP contribution in [0.2, 0.25) is 5.15 Å². The fourth-order valence-electron chi connectivity index (χ4n) is 4.62. The predicted octanol–water partition coefficient (Wildman–Crippen LogP) is 5.65. The van der Waals surface area contributed by atoms with Crippen LogP contribution in [-0.2, 0) is 14.8 Å². The molecule has 2 aromatic heterocycles. The Morgan fingerprint density at radius 3 is 2.36 bits per heavy atom. The molecule has 3 heterocycles. The molecule has 1 fully saturated rings. The minimum absolute atomic E-state index is 0.0611. The van der Waals surface area contributed by atoms with Crippen LogP contribution in [-0.4, -0.2) is 49.9 Å². The van der Waals surface area contributed by atoms with Gasteiger partial charge in [-0.05, 0) is 53.6 Å². The summed E-state index contributed by atoms with van der Waals surface area (Å²) in [6.45, 7) is 3.22. The van der Waals surface area contributed by atoms with E-state index in [0.29, 0.717) is 5.56 Å². The van der Waals surface area contributed by atoms with E-state index in [1.807, 2.05) is 18.2 Å². The first-order valence-corrected chi connectivity index (χ1v) is 14.3. The summed E-state index contributed by atoms with van der Waals surface area (Å²) in [6, 6.07) is 24.0. The smallest absolute Gasteiger partial charge is 0.261 e. The van der Waals surface area contributed by atoms with Gasteiger partial charge >= 0.3 is 0 Å². The van der Waals surface area contributed by atoms with Crippen molar-refractivity contribution >= 4 is 43.9 Å². The highest BCUT2D eigenvalue weighted by atomic mass is 35.5. The number of ether oxygens (including phenoxy) is 1. The molecule has 1 aliphatic heterocycles. The Labute approximate surface area is 231 Å². The Bertz CT molecular complexity index is 1740. The van der Waals surface area contributed by atoms with Gasteiger partial charge < -0.3 is 9.64 Å². The number of hydrogen-bond donors (Lipinski definition) is 1. The molecule has 0 atom stereocenters. The Hall–Kier alpha value is -4.05. The molecule has 1 saturated heterocycles. The van der Waals surface area contributed by atoms with Crippen molar-refractivity contribution < 1.29 is 13.2 Å². The van der Waals surface area contributed by atoms with E-state index in [9.17, 15) is 8.42 Å². The normalized spacial score (nSPS) is 13.9. The highest BCUT2D eigenvalue weighted by molar-refractivity contribution is 7.92. The van der Waals surface area contributed by atoms with Gasteiger partial charge in [-0.25, -0.2) is 13.4 Å². The van der Waals surface area contributed by atoms with Gasteiger partial charge in [0.05, 0.1) is 35.5 Å². The van der Waals surface area contributed by atoms with Crippen LogP contribution >= 0.6 is 11.6 Å². The summed E-state index contributed by atoms with van der Waals surface area (Å²) in [6.07, 6.45) is 3.38. The maximum atomic E-state index is 12.9. The highest BCUT2D eigenvalue weighted by Crippen LogP contribution is 2.34. The van der Waals surface area contributed by atoms with Crippen molar-refractivity contribution in [3.05, 3.63) is 96.4 Å². The zero-order chi connectivity index (χ0) is 26.8. The van der Waals surface area contributed by atoms with Crippen molar-refractivity contribution in [3.63, 3.8) is 0 Å². The summed E-state index contributed by atoms with van der Waals surface area (Å²) in [5.74, 6) is 0. The zero-order valence-corrected chi connectivity index (χ0v) is 22.4. The molecule has 0 aliphatic carbocycles. The number of benzene rings is 3. The molecule has 8 nitrogen and oxygen atoms in total. The molecular weight excluding hydrogens is 534 g/mol. The lowest BCUT2D eigenvalue weighted by Gasteiger charge is -2.28. The van der Waals surface area contributed by atoms with Gasteiger partial charge in [0, 0.05) is 41.5 Å². The number of fused-ring (bicyclic) bond motifs is 1. The van der Waals surface area contributed by atoms with Gasteiger partial charge in [0.15, 0.2) is 5.15 Å². The van der Waals surface area contributed by atoms with Crippen LogP contribution in [0.1, 0.15) is 0 Å². The molecule has 0 saturated carbocycles. The Kier molecular flexibility index (Phi) is 6.86. The molecule has 196 valence electrons. The first kappa shape index (κ1) is 25.2. The summed E-state index contributed by atoms with van der Waals surface area (Å²) >= 11 is 6.28. The van der Waals surface area contributed by atoms with E-state index >= 15 is 0 Å². The third-order valence-corrected chi connectivity index (χ3v) is 8.35. The van der Waals surface area contributed by atoms with Crippen molar-refractivity contribution in [1.82, 2.24) is 15.2 Å². The maximum absolute atomic E-state index is 12.9. The van der Waals surface area contributed by atoms with Gasteiger partial charge in [-0.2, -0.15) is 10.2 Å². The summed E-state index contributed by atoms with van der Waals surface area (Å²) in [5.41, 5.74) is 5.62. The number of pyridine rings is 1. The molecule has 0 bridgehead atoms. The first-order valence-electron chi connectivity index (χ1n) is 12.4. The second-order valence-corrected chi connectivity index (χ2v) is 11.2. The van der Waals surface area contributed by atoms with E-state index in [1.54, 1.807) is 36.7 Å². The quantitative estimate of drug-likeness (QED) is 0.269. The van der Waals surface area contributed by atoms with Crippen LogP contribution in [0, 0.1) is 0 Å². The van der Waals surface area contributed by atoms with E-state index in [2.05, 4.69) is 49.1 Å². The fourth-order valence-corrected chi connectivity index (χ4v) is 5.91. The highest BCUT2D eigenvalue weighted by Gasteiger charge is 2.17. The largest absolute Gasteiger partial charge is 0.378 e. The lowest BCUT2D eigenvalue weighted by molar-refractivity contribution is 0.122. The minimum Gasteiger partial charge on any atom is -0.378 e. The predicted molar refractivity (Wildman–Crippen MR) is 153 cm³/mol. The van der Waals surface area contributed by atoms with E-state index in [0.717, 1.165) is 59.6 Å². The van der Waals surface area contributed by atoms with Gasteiger partial charge in [0.25, 0.3) is 10.0 Å². The Morgan fingerprint density at radius 2 is 1.59 bits per heavy atom. The number of rotatable bonds is 6. The fraction of sp³-hybridized carbons (Fsp3) is 0.138. The first-order chi connectivity index (χ1) is 19.0. The molecule has 0 amide bonds. The molecule has 5 aromatic rings. The number of halogens is 1. The average Bonchev–Trinajstić information content (AvgIpc) is 2.98. The number of nitrogens with one attached hydrogen (secondary N) is 1. The standard InChI is InChI=1S/C29H24ClN5O3S/c30-29-28(34-39(36,37)24-4-2-1-3-5-24)17-22(18-31-29)21-8-11-27-25(16-21)26(19-32-33-27)20-6-9-23(10-7-20)35-12-14-38-15-13-35/h1-11,16-19,34H,12-15H2. The molecule has 1 N–H and O–H groups in total. The van der Waals surface area contributed by atoms with Gasteiger partial charge in [-0.3, -0.25) is 4.72 Å². The average molecular weight is 558 g/mol. The summed E-state index contributed by atoms with van der Waals surface area (Å²) in [5, 5.41) is 9.50. The van der Waals surface area contributed by atoms with Crippen molar-refractivity contribution in [2.75, 3.05) is 35.9 Å². The topological polar surface area (TPSA) is 97.3 Å². The van der Waals surface area contributed by atoms with Crippen molar-refractivity contribution in [1.29, 1.82) is 0 Å². The minimum atomic E-state index is -3.83. The number of morpholine rings is 1. The second-order valence-electron chi connectivity index (χ2n) is 9.12. The number of hydrogen-bond acceptors (Lipinski definition) is 7. The summed E-state index contributed by atoms with van der Waals surface area (Å²) < 4.78 is 33.8. The van der Waals surface area contributed by atoms with Gasteiger partial charge in [0.1, 0.15) is 0 Å². The van der Waals surface area contributed by atoms with E-state index < -0.39 is 10.0 Å². The summed E-state index contributed by atoms with van der Waals surface area (Å²) in [7, 11) is -3.83. The molecule has 1 aliphatic rings. The Balaban J connectivity index is 1.34. The maximum Gasteiger partial charge on any atom is 0.261 e. The molecule has 0 unspecified atom stereocenters. The molecule has 3 aromatic carbocycles. The van der Waals surface area contributed by atoms with Gasteiger partial charge in [-0.1, -0.05) is 48.0 Å². The second kappa shape index (κ2) is 10.6. The Morgan fingerprint density at radius 1 is 0.846 bits per heavy atom. The van der Waals surface area contributed by atoms with Crippen molar-refractivity contribution in [3.8, 4) is 22.3 Å². The van der Waals surface area contributed by atoms with Crippen LogP contribution < -0.4 is 9.62 Å². The molecule has 0 spiro atoms. The lowest BCUT2D eigenvalue weighted by Crippen LogP contribution is -2.36. The molecule has 6 rings (SSSR count). The number of nitrogens with zero attached hydrogens (tertiary/aromatic N) is 4. The van der Waals surface area contributed by atoms with Crippen LogP contribution in [0.25, 0.3) is 33.2 Å².